The molecule has 0 spiro atoms. The van der Waals surface area contributed by atoms with Crippen LogP contribution in [0.3, 0.4) is 0 Å². The van der Waals surface area contributed by atoms with Crippen LogP contribution < -0.4 is 4.90 Å². The number of benzene rings is 2. The summed E-state index contributed by atoms with van der Waals surface area (Å²) in [6.07, 6.45) is 0.0137. The van der Waals surface area contributed by atoms with E-state index in [2.05, 4.69) is 4.98 Å². The minimum Gasteiger partial charge on any atom is -0.481 e. The summed E-state index contributed by atoms with van der Waals surface area (Å²) < 4.78 is 5.80. The third kappa shape index (κ3) is 2.85. The lowest BCUT2D eigenvalue weighted by molar-refractivity contribution is -0.141. The van der Waals surface area contributed by atoms with Crippen molar-refractivity contribution in [1.82, 2.24) is 4.98 Å². The molecule has 0 unspecified atom stereocenters. The summed E-state index contributed by atoms with van der Waals surface area (Å²) in [5.74, 6) is -1.38. The van der Waals surface area contributed by atoms with Gasteiger partial charge in [0.05, 0.1) is 5.92 Å². The molecular formula is C18H13ClN2O4. The average molecular weight is 357 g/mol. The van der Waals surface area contributed by atoms with Crippen LogP contribution in [0.25, 0.3) is 22.6 Å². The first-order valence-electron chi connectivity index (χ1n) is 7.71. The van der Waals surface area contributed by atoms with Gasteiger partial charge in [0.2, 0.25) is 11.8 Å². The van der Waals surface area contributed by atoms with Crippen molar-refractivity contribution in [3.8, 4) is 11.5 Å². The number of rotatable bonds is 3. The molecule has 25 heavy (non-hydrogen) atoms. The fourth-order valence-electron chi connectivity index (χ4n) is 2.92. The van der Waals surface area contributed by atoms with E-state index in [9.17, 15) is 9.59 Å². The first-order chi connectivity index (χ1) is 12.0. The smallest absolute Gasteiger partial charge is 0.308 e. The van der Waals surface area contributed by atoms with Crippen LogP contribution >= 0.6 is 11.6 Å². The monoisotopic (exact) mass is 356 g/mol. The standard InChI is InChI=1S/C18H13ClN2O4/c19-12-3-1-10(2-4-12)17-20-14-6-5-13(8-15(14)25-17)21-9-11(18(23)24)7-16(21)22/h1-6,8,11H,7,9H2,(H,23,24)/t11-/m0/s1. The summed E-state index contributed by atoms with van der Waals surface area (Å²) in [4.78, 5) is 29.1. The number of fused-ring (bicyclic) bond motifs is 1. The van der Waals surface area contributed by atoms with Gasteiger partial charge in [-0.1, -0.05) is 11.6 Å². The van der Waals surface area contributed by atoms with E-state index >= 15 is 0 Å². The Hall–Kier alpha value is -2.86. The van der Waals surface area contributed by atoms with Gasteiger partial charge in [-0.2, -0.15) is 0 Å². The molecule has 1 atom stereocenters. The zero-order valence-electron chi connectivity index (χ0n) is 13.0. The minimum absolute atomic E-state index is 0.0137. The molecule has 1 amide bonds. The lowest BCUT2D eigenvalue weighted by Crippen LogP contribution is -2.25. The second kappa shape index (κ2) is 5.89. The molecule has 1 fully saturated rings. The van der Waals surface area contributed by atoms with Crippen molar-refractivity contribution < 1.29 is 19.1 Å². The van der Waals surface area contributed by atoms with Crippen molar-refractivity contribution in [2.24, 2.45) is 5.92 Å². The van der Waals surface area contributed by atoms with E-state index in [1.54, 1.807) is 30.3 Å². The Labute approximate surface area is 147 Å². The predicted octanol–water partition coefficient (Wildman–Crippen LogP) is 3.59. The number of hydrogen-bond acceptors (Lipinski definition) is 4. The summed E-state index contributed by atoms with van der Waals surface area (Å²) >= 11 is 5.89. The molecular weight excluding hydrogens is 344 g/mol. The van der Waals surface area contributed by atoms with Crippen LogP contribution in [0.5, 0.6) is 0 Å². The Morgan fingerprint density at radius 2 is 2.00 bits per heavy atom. The first kappa shape index (κ1) is 15.7. The van der Waals surface area contributed by atoms with Gasteiger partial charge in [0.25, 0.3) is 0 Å². The molecule has 1 N–H and O–H groups in total. The van der Waals surface area contributed by atoms with E-state index < -0.39 is 11.9 Å². The number of halogens is 1. The molecule has 4 rings (SSSR count). The highest BCUT2D eigenvalue weighted by Gasteiger charge is 2.35. The number of aromatic nitrogens is 1. The molecule has 7 heteroatoms. The van der Waals surface area contributed by atoms with Gasteiger partial charge in [-0.3, -0.25) is 9.59 Å². The van der Waals surface area contributed by atoms with E-state index in [-0.39, 0.29) is 18.9 Å². The molecule has 3 aromatic rings. The largest absolute Gasteiger partial charge is 0.481 e. The molecule has 1 aromatic heterocycles. The number of carboxylic acids is 1. The topological polar surface area (TPSA) is 83.6 Å². The number of hydrogen-bond donors (Lipinski definition) is 1. The number of aliphatic carboxylic acids is 1. The highest BCUT2D eigenvalue weighted by Crippen LogP contribution is 2.31. The molecule has 1 saturated heterocycles. The van der Waals surface area contributed by atoms with Gasteiger partial charge in [0.1, 0.15) is 5.52 Å². The number of nitrogens with zero attached hydrogens (tertiary/aromatic N) is 2. The summed E-state index contributed by atoms with van der Waals surface area (Å²) in [5, 5.41) is 9.73. The predicted molar refractivity (Wildman–Crippen MR) is 92.6 cm³/mol. The van der Waals surface area contributed by atoms with Gasteiger partial charge in [0, 0.05) is 35.3 Å². The number of anilines is 1. The van der Waals surface area contributed by atoms with Gasteiger partial charge in [-0.15, -0.1) is 0 Å². The maximum Gasteiger partial charge on any atom is 0.308 e. The molecule has 0 saturated carbocycles. The van der Waals surface area contributed by atoms with E-state index in [0.717, 1.165) is 5.56 Å². The maximum absolute atomic E-state index is 12.1. The van der Waals surface area contributed by atoms with Crippen molar-refractivity contribution in [3.63, 3.8) is 0 Å². The van der Waals surface area contributed by atoms with Crippen LogP contribution in [0, 0.1) is 5.92 Å². The third-order valence-electron chi connectivity index (χ3n) is 4.25. The molecule has 2 heterocycles. The average Bonchev–Trinajstić information content (AvgIpc) is 3.18. The van der Waals surface area contributed by atoms with E-state index in [1.165, 1.54) is 4.90 Å². The summed E-state index contributed by atoms with van der Waals surface area (Å²) in [6, 6.07) is 12.4. The summed E-state index contributed by atoms with van der Waals surface area (Å²) in [7, 11) is 0. The molecule has 0 radical (unpaired) electrons. The molecule has 2 aromatic carbocycles. The lowest BCUT2D eigenvalue weighted by Gasteiger charge is -2.15. The van der Waals surface area contributed by atoms with Crippen LogP contribution in [0.2, 0.25) is 5.02 Å². The first-order valence-corrected chi connectivity index (χ1v) is 8.09. The normalized spacial score (nSPS) is 17.4. The molecule has 1 aliphatic rings. The number of carbonyl (C=O) groups is 2. The van der Waals surface area contributed by atoms with E-state index in [4.69, 9.17) is 21.1 Å². The molecule has 126 valence electrons. The minimum atomic E-state index is -0.957. The van der Waals surface area contributed by atoms with Crippen molar-refractivity contribution in [2.45, 2.75) is 6.42 Å². The number of amides is 1. The summed E-state index contributed by atoms with van der Waals surface area (Å²) in [5.41, 5.74) is 2.61. The second-order valence-electron chi connectivity index (χ2n) is 5.92. The third-order valence-corrected chi connectivity index (χ3v) is 4.50. The molecule has 6 nitrogen and oxygen atoms in total. The van der Waals surface area contributed by atoms with Gasteiger partial charge >= 0.3 is 5.97 Å². The van der Waals surface area contributed by atoms with Gasteiger partial charge in [-0.25, -0.2) is 4.98 Å². The van der Waals surface area contributed by atoms with Gasteiger partial charge in [-0.05, 0) is 36.4 Å². The number of carbonyl (C=O) groups excluding carboxylic acids is 1. The van der Waals surface area contributed by atoms with Crippen molar-refractivity contribution in [1.29, 1.82) is 0 Å². The van der Waals surface area contributed by atoms with E-state index in [1.807, 2.05) is 12.1 Å². The second-order valence-corrected chi connectivity index (χ2v) is 6.36. The number of oxazole rings is 1. The fraction of sp³-hybridized carbons (Fsp3) is 0.167. The highest BCUT2D eigenvalue weighted by molar-refractivity contribution is 6.30. The Morgan fingerprint density at radius 1 is 1.24 bits per heavy atom. The fourth-order valence-corrected chi connectivity index (χ4v) is 3.05. The molecule has 0 aliphatic carbocycles. The maximum atomic E-state index is 12.1. The Bertz CT molecular complexity index is 980. The summed E-state index contributed by atoms with van der Waals surface area (Å²) in [6.45, 7) is 0.165. The molecule has 1 aliphatic heterocycles. The van der Waals surface area contributed by atoms with E-state index in [0.29, 0.717) is 27.7 Å². The van der Waals surface area contributed by atoms with Gasteiger partial charge in [0.15, 0.2) is 5.58 Å². The Balaban J connectivity index is 1.68. The van der Waals surface area contributed by atoms with Crippen molar-refractivity contribution in [2.75, 3.05) is 11.4 Å². The molecule has 0 bridgehead atoms. The zero-order chi connectivity index (χ0) is 17.6. The van der Waals surface area contributed by atoms with Crippen LogP contribution in [0.1, 0.15) is 6.42 Å². The quantitative estimate of drug-likeness (QED) is 0.775. The Kier molecular flexibility index (Phi) is 3.69. The zero-order valence-corrected chi connectivity index (χ0v) is 13.7. The van der Waals surface area contributed by atoms with Gasteiger partial charge < -0.3 is 14.4 Å². The van der Waals surface area contributed by atoms with Crippen LogP contribution in [0.4, 0.5) is 5.69 Å². The van der Waals surface area contributed by atoms with Crippen LogP contribution in [-0.2, 0) is 9.59 Å². The van der Waals surface area contributed by atoms with Crippen molar-refractivity contribution in [3.05, 3.63) is 47.5 Å². The highest BCUT2D eigenvalue weighted by atomic mass is 35.5. The van der Waals surface area contributed by atoms with Crippen LogP contribution in [0.15, 0.2) is 46.9 Å². The number of carboxylic acid groups (broad SMARTS) is 1. The Morgan fingerprint density at radius 3 is 2.68 bits per heavy atom. The van der Waals surface area contributed by atoms with Crippen molar-refractivity contribution >= 4 is 40.3 Å². The SMILES string of the molecule is O=C(O)[C@H]1CC(=O)N(c2ccc3nc(-c4ccc(Cl)cc4)oc3c2)C1. The van der Waals surface area contributed by atoms with Crippen LogP contribution in [-0.4, -0.2) is 28.5 Å². The lowest BCUT2D eigenvalue weighted by atomic mass is 10.1.